The number of carbonyl (C=O) groups is 1. The fraction of sp³-hybridized carbons (Fsp3) is 0.786. The SMILES string of the molecule is CCN1CCCC(c2nnc3n2C(C(=O)O)CCC3)C1. The third kappa shape index (κ3) is 2.32. The van der Waals surface area contributed by atoms with Crippen molar-refractivity contribution in [1.82, 2.24) is 19.7 Å². The number of aliphatic carboxylic acids is 1. The molecule has 0 spiro atoms. The van der Waals surface area contributed by atoms with Crippen molar-refractivity contribution in [2.45, 2.75) is 51.0 Å². The highest BCUT2D eigenvalue weighted by molar-refractivity contribution is 5.72. The van der Waals surface area contributed by atoms with Crippen LogP contribution < -0.4 is 0 Å². The van der Waals surface area contributed by atoms with Crippen LogP contribution >= 0.6 is 0 Å². The molecule has 0 bridgehead atoms. The molecule has 20 heavy (non-hydrogen) atoms. The van der Waals surface area contributed by atoms with Gasteiger partial charge in [-0.15, -0.1) is 10.2 Å². The normalized spacial score (nSPS) is 27.2. The van der Waals surface area contributed by atoms with E-state index >= 15 is 0 Å². The first-order valence-corrected chi connectivity index (χ1v) is 7.59. The minimum absolute atomic E-state index is 0.324. The Morgan fingerprint density at radius 3 is 2.95 bits per heavy atom. The number of hydrogen-bond donors (Lipinski definition) is 1. The molecule has 1 saturated heterocycles. The van der Waals surface area contributed by atoms with Gasteiger partial charge in [0, 0.05) is 18.9 Å². The molecule has 3 heterocycles. The molecule has 1 aromatic rings. The van der Waals surface area contributed by atoms with E-state index in [9.17, 15) is 9.90 Å². The predicted octanol–water partition coefficient (Wildman–Crippen LogP) is 1.44. The molecule has 2 unspecified atom stereocenters. The highest BCUT2D eigenvalue weighted by atomic mass is 16.4. The summed E-state index contributed by atoms with van der Waals surface area (Å²) in [6.07, 6.45) is 4.67. The number of likely N-dealkylation sites (N-methyl/N-ethyl adjacent to an activating group) is 1. The molecule has 0 amide bonds. The largest absolute Gasteiger partial charge is 0.480 e. The molecule has 6 heteroatoms. The van der Waals surface area contributed by atoms with Gasteiger partial charge in [0.05, 0.1) is 0 Å². The summed E-state index contributed by atoms with van der Waals surface area (Å²) >= 11 is 0. The summed E-state index contributed by atoms with van der Waals surface area (Å²) in [7, 11) is 0. The van der Waals surface area contributed by atoms with Gasteiger partial charge in [-0.1, -0.05) is 6.92 Å². The van der Waals surface area contributed by atoms with Crippen LogP contribution in [0.3, 0.4) is 0 Å². The zero-order chi connectivity index (χ0) is 14.1. The summed E-state index contributed by atoms with van der Waals surface area (Å²) in [5, 5.41) is 18.0. The van der Waals surface area contributed by atoms with Gasteiger partial charge in [0.1, 0.15) is 17.7 Å². The van der Waals surface area contributed by atoms with Gasteiger partial charge in [0.2, 0.25) is 0 Å². The summed E-state index contributed by atoms with van der Waals surface area (Å²) in [5.41, 5.74) is 0. The van der Waals surface area contributed by atoms with Gasteiger partial charge < -0.3 is 14.6 Å². The van der Waals surface area contributed by atoms with Crippen LogP contribution in [0.15, 0.2) is 0 Å². The fourth-order valence-electron chi connectivity index (χ4n) is 3.50. The van der Waals surface area contributed by atoms with Gasteiger partial charge in [-0.25, -0.2) is 4.79 Å². The lowest BCUT2D eigenvalue weighted by Gasteiger charge is -2.32. The van der Waals surface area contributed by atoms with Crippen molar-refractivity contribution in [3.63, 3.8) is 0 Å². The lowest BCUT2D eigenvalue weighted by molar-refractivity contribution is -0.141. The molecule has 0 radical (unpaired) electrons. The van der Waals surface area contributed by atoms with Crippen LogP contribution in [-0.4, -0.2) is 50.4 Å². The number of likely N-dealkylation sites (tertiary alicyclic amines) is 1. The van der Waals surface area contributed by atoms with E-state index in [0.717, 1.165) is 57.0 Å². The maximum atomic E-state index is 11.5. The van der Waals surface area contributed by atoms with Gasteiger partial charge >= 0.3 is 5.97 Å². The van der Waals surface area contributed by atoms with Gasteiger partial charge in [0.15, 0.2) is 0 Å². The molecule has 0 aromatic carbocycles. The molecule has 2 aliphatic heterocycles. The van der Waals surface area contributed by atoms with Crippen molar-refractivity contribution in [3.8, 4) is 0 Å². The Morgan fingerprint density at radius 1 is 1.35 bits per heavy atom. The highest BCUT2D eigenvalue weighted by Crippen LogP contribution is 2.32. The van der Waals surface area contributed by atoms with Gasteiger partial charge in [0.25, 0.3) is 0 Å². The molecular formula is C14H22N4O2. The molecule has 2 aliphatic rings. The average molecular weight is 278 g/mol. The summed E-state index contributed by atoms with van der Waals surface area (Å²) < 4.78 is 1.91. The molecule has 0 saturated carbocycles. The zero-order valence-corrected chi connectivity index (χ0v) is 12.0. The highest BCUT2D eigenvalue weighted by Gasteiger charge is 2.33. The van der Waals surface area contributed by atoms with E-state index in [1.807, 2.05) is 4.57 Å². The molecule has 1 N–H and O–H groups in total. The van der Waals surface area contributed by atoms with Crippen molar-refractivity contribution < 1.29 is 9.90 Å². The molecule has 6 nitrogen and oxygen atoms in total. The number of carboxylic acids is 1. The van der Waals surface area contributed by atoms with E-state index in [1.165, 1.54) is 0 Å². The number of aryl methyl sites for hydroxylation is 1. The van der Waals surface area contributed by atoms with Crippen molar-refractivity contribution in [3.05, 3.63) is 11.6 Å². The fourth-order valence-corrected chi connectivity index (χ4v) is 3.50. The Bertz CT molecular complexity index is 499. The molecular weight excluding hydrogens is 256 g/mol. The first-order valence-electron chi connectivity index (χ1n) is 7.59. The summed E-state index contributed by atoms with van der Waals surface area (Å²) in [5.74, 6) is 1.32. The number of aromatic nitrogens is 3. The van der Waals surface area contributed by atoms with E-state index in [0.29, 0.717) is 12.3 Å². The second-order valence-corrected chi connectivity index (χ2v) is 5.82. The summed E-state index contributed by atoms with van der Waals surface area (Å²) in [4.78, 5) is 13.9. The molecule has 3 rings (SSSR count). The quantitative estimate of drug-likeness (QED) is 0.906. The standard InChI is InChI=1S/C14H22N4O2/c1-2-17-8-4-5-10(9-17)13-16-15-12-7-3-6-11(14(19)20)18(12)13/h10-11H,2-9H2,1H3,(H,19,20). The van der Waals surface area contributed by atoms with E-state index < -0.39 is 12.0 Å². The van der Waals surface area contributed by atoms with Crippen LogP contribution in [0, 0.1) is 0 Å². The number of fused-ring (bicyclic) bond motifs is 1. The van der Waals surface area contributed by atoms with Crippen LogP contribution in [0.1, 0.15) is 56.2 Å². The Kier molecular flexibility index (Phi) is 3.74. The first kappa shape index (κ1) is 13.5. The van der Waals surface area contributed by atoms with Crippen molar-refractivity contribution >= 4 is 5.97 Å². The molecule has 2 atom stereocenters. The minimum atomic E-state index is -0.754. The zero-order valence-electron chi connectivity index (χ0n) is 12.0. The van der Waals surface area contributed by atoms with Crippen LogP contribution in [0.2, 0.25) is 0 Å². The summed E-state index contributed by atoms with van der Waals surface area (Å²) in [6, 6.07) is -0.472. The van der Waals surface area contributed by atoms with Crippen molar-refractivity contribution in [1.29, 1.82) is 0 Å². The molecule has 0 aliphatic carbocycles. The maximum absolute atomic E-state index is 11.5. The number of piperidine rings is 1. The number of nitrogens with zero attached hydrogens (tertiary/aromatic N) is 4. The second-order valence-electron chi connectivity index (χ2n) is 5.82. The molecule has 110 valence electrons. The first-order chi connectivity index (χ1) is 9.70. The molecule has 1 fully saturated rings. The van der Waals surface area contributed by atoms with Gasteiger partial charge in [-0.2, -0.15) is 0 Å². The van der Waals surface area contributed by atoms with Crippen LogP contribution in [0.25, 0.3) is 0 Å². The van der Waals surface area contributed by atoms with Crippen LogP contribution in [-0.2, 0) is 11.2 Å². The average Bonchev–Trinajstić information content (AvgIpc) is 2.91. The third-order valence-corrected chi connectivity index (χ3v) is 4.59. The third-order valence-electron chi connectivity index (χ3n) is 4.59. The topological polar surface area (TPSA) is 71.2 Å². The van der Waals surface area contributed by atoms with E-state index in [4.69, 9.17) is 0 Å². The number of hydrogen-bond acceptors (Lipinski definition) is 4. The van der Waals surface area contributed by atoms with E-state index in [2.05, 4.69) is 22.0 Å². The van der Waals surface area contributed by atoms with E-state index in [1.54, 1.807) is 0 Å². The second kappa shape index (κ2) is 5.52. The number of carboxylic acid groups (broad SMARTS) is 1. The Morgan fingerprint density at radius 2 is 2.20 bits per heavy atom. The van der Waals surface area contributed by atoms with Crippen molar-refractivity contribution in [2.75, 3.05) is 19.6 Å². The van der Waals surface area contributed by atoms with Crippen LogP contribution in [0.5, 0.6) is 0 Å². The van der Waals surface area contributed by atoms with Crippen molar-refractivity contribution in [2.24, 2.45) is 0 Å². The monoisotopic (exact) mass is 278 g/mol. The Labute approximate surface area is 118 Å². The lowest BCUT2D eigenvalue weighted by atomic mass is 9.95. The van der Waals surface area contributed by atoms with Gasteiger partial charge in [-0.3, -0.25) is 0 Å². The van der Waals surface area contributed by atoms with Crippen LogP contribution in [0.4, 0.5) is 0 Å². The smallest absolute Gasteiger partial charge is 0.326 e. The lowest BCUT2D eigenvalue weighted by Crippen LogP contribution is -2.36. The van der Waals surface area contributed by atoms with Gasteiger partial charge in [-0.05, 0) is 38.8 Å². The Balaban J connectivity index is 1.91. The number of rotatable bonds is 3. The molecule has 1 aromatic heterocycles. The summed E-state index contributed by atoms with van der Waals surface area (Å²) in [6.45, 7) is 5.32. The van der Waals surface area contributed by atoms with E-state index in [-0.39, 0.29) is 0 Å². The minimum Gasteiger partial charge on any atom is -0.480 e. The Hall–Kier alpha value is -1.43. The predicted molar refractivity (Wildman–Crippen MR) is 73.7 cm³/mol. The maximum Gasteiger partial charge on any atom is 0.326 e.